The summed E-state index contributed by atoms with van der Waals surface area (Å²) in [6, 6.07) is 1.89. The number of aliphatic hydroxyl groups excluding tert-OH is 1. The van der Waals surface area contributed by atoms with Crippen molar-refractivity contribution < 1.29 is 9.84 Å². The first kappa shape index (κ1) is 21.5. The third kappa shape index (κ3) is 5.15. The fraction of sp³-hybridized carbons (Fsp3) is 0.500. The van der Waals surface area contributed by atoms with Crippen LogP contribution in [-0.4, -0.2) is 32.7 Å². The first-order valence-corrected chi connectivity index (χ1v) is 9.30. The summed E-state index contributed by atoms with van der Waals surface area (Å²) in [5.41, 5.74) is 7.66. The van der Waals surface area contributed by atoms with E-state index in [-0.39, 0.29) is 38.2 Å². The molecule has 2 atom stereocenters. The molecule has 1 aliphatic carbocycles. The molecule has 0 aromatic carbocycles. The molecule has 27 heavy (non-hydrogen) atoms. The topological polar surface area (TPSA) is 106 Å². The van der Waals surface area contributed by atoms with E-state index < -0.39 is 0 Å². The second kappa shape index (κ2) is 9.96. The van der Waals surface area contributed by atoms with E-state index in [0.717, 1.165) is 42.0 Å². The van der Waals surface area contributed by atoms with Gasteiger partial charge in [-0.05, 0) is 37.3 Å². The number of nitrogens with two attached hydrogens (primary N) is 1. The summed E-state index contributed by atoms with van der Waals surface area (Å²) in [6.07, 6.45) is 7.23. The predicted octanol–water partition coefficient (Wildman–Crippen LogP) is 3.25. The molecule has 0 saturated heterocycles. The molecule has 0 fully saturated rings. The first-order chi connectivity index (χ1) is 12.6. The zero-order chi connectivity index (χ0) is 18.5. The summed E-state index contributed by atoms with van der Waals surface area (Å²) >= 11 is 6.26. The molecule has 1 aliphatic rings. The van der Waals surface area contributed by atoms with E-state index in [0.29, 0.717) is 18.0 Å². The van der Waals surface area contributed by atoms with Gasteiger partial charge in [-0.15, -0.1) is 0 Å². The van der Waals surface area contributed by atoms with Crippen LogP contribution in [0.4, 0.5) is 11.8 Å². The van der Waals surface area contributed by atoms with E-state index in [9.17, 15) is 5.11 Å². The normalized spacial score (nSPS) is 16.3. The average molecular weight is 412 g/mol. The summed E-state index contributed by atoms with van der Waals surface area (Å²) in [7, 11) is 0. The Morgan fingerprint density at radius 3 is 2.96 bits per heavy atom. The first-order valence-electron chi connectivity index (χ1n) is 8.92. The highest BCUT2D eigenvalue weighted by Gasteiger charge is 2.28. The fourth-order valence-corrected chi connectivity index (χ4v) is 3.50. The number of nitrogen functional groups attached to an aromatic ring is 1. The van der Waals surface area contributed by atoms with Gasteiger partial charge in [-0.25, -0.2) is 4.98 Å². The van der Waals surface area contributed by atoms with E-state index in [2.05, 4.69) is 27.2 Å². The molecule has 0 bridgehead atoms. The Kier molecular flexibility index (Phi) is 7.94. The molecule has 0 unspecified atom stereocenters. The number of rotatable bonds is 8. The van der Waals surface area contributed by atoms with Gasteiger partial charge >= 0.3 is 0 Å². The Labute approximate surface area is 171 Å². The van der Waals surface area contributed by atoms with Crippen molar-refractivity contribution in [2.75, 3.05) is 17.7 Å². The minimum atomic E-state index is -0.195. The van der Waals surface area contributed by atoms with Gasteiger partial charge in [0, 0.05) is 23.9 Å². The lowest BCUT2D eigenvalue weighted by Gasteiger charge is -2.21. The molecule has 0 aliphatic heterocycles. The molecule has 2 aromatic heterocycles. The van der Waals surface area contributed by atoms with Crippen molar-refractivity contribution in [2.45, 2.75) is 51.2 Å². The molecule has 0 spiro atoms. The second-order valence-electron chi connectivity index (χ2n) is 6.39. The maximum atomic E-state index is 9.28. The third-order valence-corrected chi connectivity index (χ3v) is 4.85. The van der Waals surface area contributed by atoms with Crippen molar-refractivity contribution in [1.82, 2.24) is 15.0 Å². The SMILES string of the molecule is CCC[C@@H](CCO)Nc1nc(N)ncc1O[C@H]1CCc2c(Cl)ccnc21.S. The maximum Gasteiger partial charge on any atom is 0.222 e. The smallest absolute Gasteiger partial charge is 0.222 e. The van der Waals surface area contributed by atoms with Crippen molar-refractivity contribution in [2.24, 2.45) is 0 Å². The molecule has 0 saturated carbocycles. The molecule has 0 radical (unpaired) electrons. The van der Waals surface area contributed by atoms with Crippen molar-refractivity contribution in [3.8, 4) is 5.75 Å². The minimum absolute atomic E-state index is 0. The number of hydrogen-bond acceptors (Lipinski definition) is 7. The number of fused-ring (bicyclic) bond motifs is 1. The highest BCUT2D eigenvalue weighted by atomic mass is 35.5. The Bertz CT molecular complexity index is 759. The van der Waals surface area contributed by atoms with Crippen LogP contribution in [0.5, 0.6) is 5.75 Å². The molecule has 2 aromatic rings. The Morgan fingerprint density at radius 1 is 1.41 bits per heavy atom. The molecule has 2 heterocycles. The van der Waals surface area contributed by atoms with Crippen molar-refractivity contribution in [3.63, 3.8) is 0 Å². The van der Waals surface area contributed by atoms with Gasteiger partial charge in [-0.1, -0.05) is 24.9 Å². The summed E-state index contributed by atoms with van der Waals surface area (Å²) in [4.78, 5) is 12.8. The van der Waals surface area contributed by atoms with Gasteiger partial charge < -0.3 is 20.9 Å². The van der Waals surface area contributed by atoms with Crippen molar-refractivity contribution in [1.29, 1.82) is 0 Å². The van der Waals surface area contributed by atoms with Crippen LogP contribution in [0.15, 0.2) is 18.5 Å². The van der Waals surface area contributed by atoms with Crippen LogP contribution in [0.3, 0.4) is 0 Å². The van der Waals surface area contributed by atoms with Gasteiger partial charge in [0.15, 0.2) is 11.6 Å². The number of halogens is 1. The number of aromatic nitrogens is 3. The summed E-state index contributed by atoms with van der Waals surface area (Å²) in [5.74, 6) is 1.24. The molecule has 9 heteroatoms. The standard InChI is InChI=1S/C18H24ClN5O2.H2S/c1-2-3-11(7-9-25)23-17-15(10-22-18(20)24-17)26-14-5-4-12-13(19)6-8-21-16(12)14;/h6,8,10-11,14,25H,2-5,7,9H2,1H3,(H3,20,22,23,24);1H2/t11-,14-;/m0./s1. The van der Waals surface area contributed by atoms with E-state index >= 15 is 0 Å². The van der Waals surface area contributed by atoms with Gasteiger partial charge in [0.05, 0.1) is 11.9 Å². The summed E-state index contributed by atoms with van der Waals surface area (Å²) < 4.78 is 6.17. The Hall–Kier alpha value is -1.77. The number of nitrogens with zero attached hydrogens (tertiary/aromatic N) is 3. The zero-order valence-corrected chi connectivity index (χ0v) is 17.0. The van der Waals surface area contributed by atoms with Crippen LogP contribution >= 0.6 is 25.1 Å². The molecule has 0 amide bonds. The monoisotopic (exact) mass is 411 g/mol. The number of pyridine rings is 1. The predicted molar refractivity (Wildman–Crippen MR) is 112 cm³/mol. The Morgan fingerprint density at radius 2 is 2.22 bits per heavy atom. The van der Waals surface area contributed by atoms with Crippen LogP contribution in [0, 0.1) is 0 Å². The molecule has 148 valence electrons. The lowest BCUT2D eigenvalue weighted by Crippen LogP contribution is -2.22. The third-order valence-electron chi connectivity index (χ3n) is 4.49. The quantitative estimate of drug-likeness (QED) is 0.612. The largest absolute Gasteiger partial charge is 0.479 e. The van der Waals surface area contributed by atoms with Crippen molar-refractivity contribution >= 4 is 36.9 Å². The number of aliphatic hydroxyl groups is 1. The number of anilines is 2. The highest BCUT2D eigenvalue weighted by molar-refractivity contribution is 7.59. The van der Waals surface area contributed by atoms with Crippen LogP contribution in [-0.2, 0) is 6.42 Å². The minimum Gasteiger partial charge on any atom is -0.479 e. The number of hydrogen-bond donors (Lipinski definition) is 3. The van der Waals surface area contributed by atoms with E-state index in [1.165, 1.54) is 0 Å². The maximum absolute atomic E-state index is 9.28. The molecular weight excluding hydrogens is 386 g/mol. The van der Waals surface area contributed by atoms with E-state index in [4.69, 9.17) is 22.1 Å². The van der Waals surface area contributed by atoms with Crippen LogP contribution in [0.25, 0.3) is 0 Å². The fourth-order valence-electron chi connectivity index (χ4n) is 3.25. The van der Waals surface area contributed by atoms with Crippen LogP contribution in [0.1, 0.15) is 50.0 Å². The summed E-state index contributed by atoms with van der Waals surface area (Å²) in [6.45, 7) is 2.20. The Balaban J connectivity index is 0.00000261. The van der Waals surface area contributed by atoms with Gasteiger partial charge in [0.25, 0.3) is 0 Å². The van der Waals surface area contributed by atoms with Crippen LogP contribution < -0.4 is 15.8 Å². The second-order valence-corrected chi connectivity index (χ2v) is 6.79. The summed E-state index contributed by atoms with van der Waals surface area (Å²) in [5, 5.41) is 13.3. The van der Waals surface area contributed by atoms with Gasteiger partial charge in [-0.3, -0.25) is 4.98 Å². The highest BCUT2D eigenvalue weighted by Crippen LogP contribution is 2.38. The molecule has 3 rings (SSSR count). The number of ether oxygens (including phenoxy) is 1. The molecular formula is C18H26ClN5O2S. The molecule has 7 nitrogen and oxygen atoms in total. The van der Waals surface area contributed by atoms with E-state index in [1.807, 2.05) is 0 Å². The van der Waals surface area contributed by atoms with Crippen molar-refractivity contribution in [3.05, 3.63) is 34.7 Å². The lowest BCUT2D eigenvalue weighted by atomic mass is 10.1. The van der Waals surface area contributed by atoms with Gasteiger partial charge in [0.1, 0.15) is 6.10 Å². The van der Waals surface area contributed by atoms with Gasteiger partial charge in [-0.2, -0.15) is 18.5 Å². The zero-order valence-electron chi connectivity index (χ0n) is 15.3. The number of nitrogens with one attached hydrogen (secondary N) is 1. The average Bonchev–Trinajstić information content (AvgIpc) is 3.02. The van der Waals surface area contributed by atoms with Crippen LogP contribution in [0.2, 0.25) is 5.02 Å². The molecule has 4 N–H and O–H groups in total. The van der Waals surface area contributed by atoms with Gasteiger partial charge in [0.2, 0.25) is 5.95 Å². The van der Waals surface area contributed by atoms with E-state index in [1.54, 1.807) is 18.5 Å². The lowest BCUT2D eigenvalue weighted by molar-refractivity contribution is 0.202.